The van der Waals surface area contributed by atoms with Gasteiger partial charge in [-0.3, -0.25) is 4.79 Å². The predicted octanol–water partition coefficient (Wildman–Crippen LogP) is 3.82. The molecule has 2 aromatic rings. The molecule has 0 aliphatic heterocycles. The number of rotatable bonds is 4. The van der Waals surface area contributed by atoms with Gasteiger partial charge in [0.05, 0.1) is 11.1 Å². The van der Waals surface area contributed by atoms with Crippen molar-refractivity contribution in [2.75, 3.05) is 11.9 Å². The van der Waals surface area contributed by atoms with Crippen molar-refractivity contribution < 1.29 is 23.1 Å². The van der Waals surface area contributed by atoms with E-state index in [2.05, 4.69) is 18.3 Å². The van der Waals surface area contributed by atoms with Gasteiger partial charge in [0, 0.05) is 10.9 Å². The lowest BCUT2D eigenvalue weighted by Crippen LogP contribution is -2.21. The van der Waals surface area contributed by atoms with Crippen molar-refractivity contribution in [1.29, 1.82) is 5.26 Å². The zero-order chi connectivity index (χ0) is 19.6. The van der Waals surface area contributed by atoms with Gasteiger partial charge in [-0.1, -0.05) is 6.92 Å². The normalized spacial score (nSPS) is 15.6. The first-order valence-electron chi connectivity index (χ1n) is 8.35. The average Bonchev–Trinajstić information content (AvgIpc) is 2.95. The summed E-state index contributed by atoms with van der Waals surface area (Å²) in [5.74, 6) is -3.05. The van der Waals surface area contributed by atoms with E-state index >= 15 is 0 Å². The zero-order valence-electron chi connectivity index (χ0n) is 14.5. The maximum atomic E-state index is 13.6. The number of esters is 1. The molecule has 0 unspecified atom stereocenters. The van der Waals surface area contributed by atoms with E-state index in [-0.39, 0.29) is 0 Å². The SMILES string of the molecule is C[C@@H]1CCc2c(sc(NC(=O)COC(=O)c3ccc(F)cc3F)c2C#N)C1. The Balaban J connectivity index is 1.65. The zero-order valence-corrected chi connectivity index (χ0v) is 15.3. The first-order chi connectivity index (χ1) is 12.9. The van der Waals surface area contributed by atoms with E-state index in [1.165, 1.54) is 11.3 Å². The number of ether oxygens (including phenoxy) is 1. The van der Waals surface area contributed by atoms with Gasteiger partial charge in [0.25, 0.3) is 5.91 Å². The fourth-order valence-corrected chi connectivity index (χ4v) is 4.36. The maximum Gasteiger partial charge on any atom is 0.341 e. The van der Waals surface area contributed by atoms with Gasteiger partial charge in [-0.2, -0.15) is 5.26 Å². The van der Waals surface area contributed by atoms with E-state index in [9.17, 15) is 23.6 Å². The van der Waals surface area contributed by atoms with E-state index < -0.39 is 35.7 Å². The van der Waals surface area contributed by atoms with Crippen LogP contribution in [0.3, 0.4) is 0 Å². The van der Waals surface area contributed by atoms with Gasteiger partial charge in [0.2, 0.25) is 0 Å². The second-order valence-electron chi connectivity index (χ2n) is 6.42. The van der Waals surface area contributed by atoms with Crippen LogP contribution in [0.5, 0.6) is 0 Å². The highest BCUT2D eigenvalue weighted by atomic mass is 32.1. The Hall–Kier alpha value is -2.79. The number of amides is 1. The molecule has 1 N–H and O–H groups in total. The highest BCUT2D eigenvalue weighted by Gasteiger charge is 2.25. The van der Waals surface area contributed by atoms with E-state index in [1.807, 2.05) is 0 Å². The number of benzene rings is 1. The summed E-state index contributed by atoms with van der Waals surface area (Å²) in [6.45, 7) is 1.50. The van der Waals surface area contributed by atoms with Crippen molar-refractivity contribution in [3.05, 3.63) is 51.4 Å². The molecule has 27 heavy (non-hydrogen) atoms. The second-order valence-corrected chi connectivity index (χ2v) is 7.52. The lowest BCUT2D eigenvalue weighted by Gasteiger charge is -2.17. The Morgan fingerprint density at radius 3 is 2.89 bits per heavy atom. The molecule has 1 aromatic heterocycles. The molecule has 1 amide bonds. The molecule has 0 bridgehead atoms. The van der Waals surface area contributed by atoms with E-state index in [1.54, 1.807) is 0 Å². The van der Waals surface area contributed by atoms with Crippen LogP contribution in [-0.2, 0) is 22.4 Å². The lowest BCUT2D eigenvalue weighted by atomic mass is 9.89. The number of nitrogens with one attached hydrogen (secondary N) is 1. The number of carbonyl (C=O) groups is 2. The highest BCUT2D eigenvalue weighted by molar-refractivity contribution is 7.16. The summed E-state index contributed by atoms with van der Waals surface area (Å²) in [6, 6.07) is 4.57. The second kappa shape index (κ2) is 7.84. The summed E-state index contributed by atoms with van der Waals surface area (Å²) < 4.78 is 31.2. The number of anilines is 1. The first-order valence-corrected chi connectivity index (χ1v) is 9.17. The van der Waals surface area contributed by atoms with Crippen molar-refractivity contribution >= 4 is 28.2 Å². The minimum absolute atomic E-state index is 0.436. The van der Waals surface area contributed by atoms with Gasteiger partial charge in [-0.05, 0) is 42.9 Å². The first kappa shape index (κ1) is 19.0. The molecule has 1 heterocycles. The molecule has 1 aliphatic rings. The number of nitrogens with zero attached hydrogens (tertiary/aromatic N) is 1. The quantitative estimate of drug-likeness (QED) is 0.805. The van der Waals surface area contributed by atoms with E-state index in [0.29, 0.717) is 22.5 Å². The van der Waals surface area contributed by atoms with Crippen LogP contribution in [0.15, 0.2) is 18.2 Å². The fourth-order valence-electron chi connectivity index (χ4n) is 2.98. The number of halogens is 2. The third kappa shape index (κ3) is 4.14. The molecule has 5 nitrogen and oxygen atoms in total. The summed E-state index contributed by atoms with van der Waals surface area (Å²) in [6.07, 6.45) is 2.65. The summed E-state index contributed by atoms with van der Waals surface area (Å²) in [5.41, 5.74) is 0.968. The standard InChI is InChI=1S/C19H16F2N2O3S/c1-10-2-4-12-14(8-22)18(27-16(12)6-10)23-17(24)9-26-19(25)13-5-3-11(20)7-15(13)21/h3,5,7,10H,2,4,6,9H2,1H3,(H,23,24)/t10-/m1/s1. The Bertz CT molecular complexity index is 949. The fraction of sp³-hybridized carbons (Fsp3) is 0.316. The molecule has 0 saturated carbocycles. The van der Waals surface area contributed by atoms with Crippen molar-refractivity contribution in [2.24, 2.45) is 5.92 Å². The monoisotopic (exact) mass is 390 g/mol. The molecule has 0 spiro atoms. The van der Waals surface area contributed by atoms with Gasteiger partial charge >= 0.3 is 5.97 Å². The van der Waals surface area contributed by atoms with E-state index in [0.717, 1.165) is 41.8 Å². The lowest BCUT2D eigenvalue weighted by molar-refractivity contribution is -0.119. The number of hydrogen-bond acceptors (Lipinski definition) is 5. The Labute approximate surface area is 158 Å². The van der Waals surface area contributed by atoms with Crippen LogP contribution in [0.25, 0.3) is 0 Å². The maximum absolute atomic E-state index is 13.6. The average molecular weight is 390 g/mol. The van der Waals surface area contributed by atoms with Crippen LogP contribution in [0, 0.1) is 28.9 Å². The molecule has 8 heteroatoms. The van der Waals surface area contributed by atoms with Crippen LogP contribution in [0.4, 0.5) is 13.8 Å². The van der Waals surface area contributed by atoms with E-state index in [4.69, 9.17) is 4.74 Å². The summed E-state index contributed by atoms with van der Waals surface area (Å²) in [7, 11) is 0. The summed E-state index contributed by atoms with van der Waals surface area (Å²) in [5, 5.41) is 12.4. The van der Waals surface area contributed by atoms with Crippen LogP contribution in [-0.4, -0.2) is 18.5 Å². The molecular weight excluding hydrogens is 374 g/mol. The molecule has 1 atom stereocenters. The number of nitriles is 1. The molecule has 0 fully saturated rings. The van der Waals surface area contributed by atoms with Gasteiger partial charge in [0.15, 0.2) is 6.61 Å². The molecule has 0 saturated heterocycles. The number of hydrogen-bond donors (Lipinski definition) is 1. The topological polar surface area (TPSA) is 79.2 Å². The van der Waals surface area contributed by atoms with Gasteiger partial charge in [0.1, 0.15) is 22.7 Å². The molecule has 3 rings (SSSR count). The van der Waals surface area contributed by atoms with Crippen molar-refractivity contribution in [3.63, 3.8) is 0 Å². The molecule has 1 aliphatic carbocycles. The molecule has 140 valence electrons. The Kier molecular flexibility index (Phi) is 5.51. The van der Waals surface area contributed by atoms with Crippen LogP contribution < -0.4 is 5.32 Å². The third-order valence-electron chi connectivity index (χ3n) is 4.36. The number of fused-ring (bicyclic) bond motifs is 1. The van der Waals surface area contributed by atoms with Crippen molar-refractivity contribution in [3.8, 4) is 6.07 Å². The van der Waals surface area contributed by atoms with Crippen LogP contribution in [0.1, 0.15) is 39.7 Å². The molecular formula is C19H16F2N2O3S. The smallest absolute Gasteiger partial charge is 0.341 e. The highest BCUT2D eigenvalue weighted by Crippen LogP contribution is 2.39. The minimum atomic E-state index is -1.07. The van der Waals surface area contributed by atoms with Crippen LogP contribution >= 0.6 is 11.3 Å². The molecule has 1 aromatic carbocycles. The summed E-state index contributed by atoms with van der Waals surface area (Å²) in [4.78, 5) is 25.0. The van der Waals surface area contributed by atoms with Gasteiger partial charge in [-0.15, -0.1) is 11.3 Å². The largest absolute Gasteiger partial charge is 0.452 e. The van der Waals surface area contributed by atoms with Gasteiger partial charge in [-0.25, -0.2) is 13.6 Å². The Morgan fingerprint density at radius 1 is 1.41 bits per heavy atom. The van der Waals surface area contributed by atoms with Crippen molar-refractivity contribution in [1.82, 2.24) is 0 Å². The molecule has 0 radical (unpaired) electrons. The van der Waals surface area contributed by atoms with Crippen LogP contribution in [0.2, 0.25) is 0 Å². The minimum Gasteiger partial charge on any atom is -0.452 e. The van der Waals surface area contributed by atoms with Crippen molar-refractivity contribution in [2.45, 2.75) is 26.2 Å². The summed E-state index contributed by atoms with van der Waals surface area (Å²) >= 11 is 1.36. The predicted molar refractivity (Wildman–Crippen MR) is 95.5 cm³/mol. The number of thiophene rings is 1. The number of carbonyl (C=O) groups excluding carboxylic acids is 2. The third-order valence-corrected chi connectivity index (χ3v) is 5.53. The Morgan fingerprint density at radius 2 is 2.19 bits per heavy atom. The van der Waals surface area contributed by atoms with Gasteiger partial charge < -0.3 is 10.1 Å².